The van der Waals surface area contributed by atoms with Crippen molar-refractivity contribution in [2.24, 2.45) is 0 Å². The minimum absolute atomic E-state index is 0. The third kappa shape index (κ3) is 3.30. The Labute approximate surface area is 92.0 Å². The SMILES string of the molecule is C[C-]=CC1=[C-]CCNC1=O.[Y]. The van der Waals surface area contributed by atoms with Crippen LogP contribution >= 0.6 is 0 Å². The molecule has 3 heteroatoms. The van der Waals surface area contributed by atoms with Crippen LogP contribution in [0.1, 0.15) is 13.3 Å². The number of carbonyl (C=O) groups excluding carboxylic acids is 1. The average Bonchev–Trinajstić information content (AvgIpc) is 1.94. The normalized spacial score (nSPS) is 17.2. The molecule has 0 aromatic carbocycles. The van der Waals surface area contributed by atoms with E-state index in [1.165, 1.54) is 0 Å². The van der Waals surface area contributed by atoms with Crippen molar-refractivity contribution in [2.45, 2.75) is 13.3 Å². The third-order valence-corrected chi connectivity index (χ3v) is 1.26. The number of amides is 1. The second-order valence-electron chi connectivity index (χ2n) is 2.03. The molecule has 0 aliphatic carbocycles. The Morgan fingerprint density at radius 1 is 1.73 bits per heavy atom. The first kappa shape index (κ1) is 11.1. The van der Waals surface area contributed by atoms with E-state index in [9.17, 15) is 4.79 Å². The van der Waals surface area contributed by atoms with Crippen molar-refractivity contribution >= 4 is 5.91 Å². The molecule has 1 radical (unpaired) electrons. The van der Waals surface area contributed by atoms with E-state index in [-0.39, 0.29) is 38.6 Å². The number of nitrogens with one attached hydrogen (secondary N) is 1. The van der Waals surface area contributed by atoms with Gasteiger partial charge in [0, 0.05) is 32.7 Å². The van der Waals surface area contributed by atoms with E-state index < -0.39 is 0 Å². The van der Waals surface area contributed by atoms with Gasteiger partial charge in [-0.05, 0) is 6.54 Å². The molecule has 1 rings (SSSR count). The van der Waals surface area contributed by atoms with E-state index >= 15 is 0 Å². The summed E-state index contributed by atoms with van der Waals surface area (Å²) in [7, 11) is 0. The molecule has 0 saturated carbocycles. The molecule has 0 spiro atoms. The molecule has 2 nitrogen and oxygen atoms in total. The number of hydrogen-bond donors (Lipinski definition) is 1. The largest absolute Gasteiger partial charge is 0.420 e. The third-order valence-electron chi connectivity index (χ3n) is 1.26. The monoisotopic (exact) mass is 224 g/mol. The number of hydrogen-bond acceptors (Lipinski definition) is 1. The Bertz CT molecular complexity index is 196. The molecular formula is C8H9NOY-2. The molecule has 0 saturated heterocycles. The van der Waals surface area contributed by atoms with Crippen LogP contribution in [0.4, 0.5) is 0 Å². The summed E-state index contributed by atoms with van der Waals surface area (Å²) in [6.45, 7) is 2.47. The second-order valence-corrected chi connectivity index (χ2v) is 2.03. The first-order valence-corrected chi connectivity index (χ1v) is 3.24. The molecule has 1 aliphatic rings. The van der Waals surface area contributed by atoms with Crippen LogP contribution in [0.2, 0.25) is 0 Å². The average molecular weight is 224 g/mol. The Hall–Kier alpha value is 0.0539. The Morgan fingerprint density at radius 3 is 3.00 bits per heavy atom. The van der Waals surface area contributed by atoms with E-state index in [0.717, 1.165) is 6.42 Å². The maximum Gasteiger partial charge on any atom is 0.0530 e. The fourth-order valence-electron chi connectivity index (χ4n) is 0.810. The van der Waals surface area contributed by atoms with Crippen molar-refractivity contribution < 1.29 is 37.5 Å². The van der Waals surface area contributed by atoms with Gasteiger partial charge in [0.2, 0.25) is 0 Å². The quantitative estimate of drug-likeness (QED) is 0.649. The molecule has 0 aromatic heterocycles. The zero-order chi connectivity index (χ0) is 7.40. The van der Waals surface area contributed by atoms with Crippen molar-refractivity contribution in [2.75, 3.05) is 6.54 Å². The van der Waals surface area contributed by atoms with Crippen LogP contribution in [0.15, 0.2) is 11.6 Å². The minimum Gasteiger partial charge on any atom is -0.420 e. The molecule has 1 aliphatic heterocycles. The van der Waals surface area contributed by atoms with Gasteiger partial charge >= 0.3 is 0 Å². The Balaban J connectivity index is 0.000001000. The molecule has 0 fully saturated rings. The first-order chi connectivity index (χ1) is 4.84. The summed E-state index contributed by atoms with van der Waals surface area (Å²) < 4.78 is 0. The second kappa shape index (κ2) is 5.67. The fraction of sp³-hybridized carbons (Fsp3) is 0.375. The number of carbonyl (C=O) groups is 1. The smallest absolute Gasteiger partial charge is 0.0530 e. The van der Waals surface area contributed by atoms with Crippen molar-refractivity contribution in [3.63, 3.8) is 0 Å². The van der Waals surface area contributed by atoms with Gasteiger partial charge in [-0.3, -0.25) is 11.6 Å². The van der Waals surface area contributed by atoms with Gasteiger partial charge in [0.05, 0.1) is 5.91 Å². The first-order valence-electron chi connectivity index (χ1n) is 3.24. The fourth-order valence-corrected chi connectivity index (χ4v) is 0.810. The molecule has 0 atom stereocenters. The Morgan fingerprint density at radius 2 is 2.45 bits per heavy atom. The summed E-state index contributed by atoms with van der Waals surface area (Å²) >= 11 is 0. The summed E-state index contributed by atoms with van der Waals surface area (Å²) in [6.07, 6.45) is 8.19. The topological polar surface area (TPSA) is 29.1 Å². The van der Waals surface area contributed by atoms with E-state index in [1.54, 1.807) is 13.0 Å². The van der Waals surface area contributed by atoms with Gasteiger partial charge in [-0.25, -0.2) is 0 Å². The van der Waals surface area contributed by atoms with Gasteiger partial charge < -0.3 is 22.3 Å². The van der Waals surface area contributed by atoms with Crippen LogP contribution in [-0.2, 0) is 37.5 Å². The minimum atomic E-state index is -0.0411. The van der Waals surface area contributed by atoms with Crippen LogP contribution < -0.4 is 5.32 Å². The van der Waals surface area contributed by atoms with Gasteiger partial charge in [0.1, 0.15) is 0 Å². The predicted octanol–water partition coefficient (Wildman–Crippen LogP) is 0.613. The van der Waals surface area contributed by atoms with Crippen molar-refractivity contribution in [3.8, 4) is 0 Å². The summed E-state index contributed by atoms with van der Waals surface area (Å²) in [6, 6.07) is 0. The summed E-state index contributed by atoms with van der Waals surface area (Å²) in [5.41, 5.74) is 0.605. The van der Waals surface area contributed by atoms with Crippen molar-refractivity contribution in [1.29, 1.82) is 0 Å². The predicted molar refractivity (Wildman–Crippen MR) is 37.9 cm³/mol. The molecule has 1 N–H and O–H groups in total. The van der Waals surface area contributed by atoms with Crippen LogP contribution in [0.5, 0.6) is 0 Å². The zero-order valence-electron chi connectivity index (χ0n) is 6.48. The van der Waals surface area contributed by atoms with Crippen LogP contribution in [0.3, 0.4) is 0 Å². The maximum atomic E-state index is 10.9. The molecule has 57 valence electrons. The van der Waals surface area contributed by atoms with Gasteiger partial charge in [-0.15, -0.1) is 6.92 Å². The van der Waals surface area contributed by atoms with Crippen LogP contribution in [-0.4, -0.2) is 12.5 Å². The molecule has 0 aromatic rings. The zero-order valence-corrected chi connectivity index (χ0v) is 9.32. The van der Waals surface area contributed by atoms with Crippen LogP contribution in [0, 0.1) is 12.2 Å². The summed E-state index contributed by atoms with van der Waals surface area (Å²) in [4.78, 5) is 10.9. The maximum absolute atomic E-state index is 10.9. The summed E-state index contributed by atoms with van der Waals surface area (Å²) in [5.74, 6) is -0.0411. The molecule has 0 unspecified atom stereocenters. The van der Waals surface area contributed by atoms with Crippen molar-refractivity contribution in [3.05, 3.63) is 23.8 Å². The van der Waals surface area contributed by atoms with Crippen LogP contribution in [0.25, 0.3) is 0 Å². The molecule has 11 heavy (non-hydrogen) atoms. The standard InChI is InChI=1S/C8H9NO.Y/c1-2-4-7-5-3-6-9-8(7)10;/h4H,3,6H2,1H3,(H,9,10);/q-2;. The Kier molecular flexibility index (Phi) is 5.70. The molecular weight excluding hydrogens is 215 g/mol. The van der Waals surface area contributed by atoms with Gasteiger partial charge in [0.25, 0.3) is 0 Å². The van der Waals surface area contributed by atoms with Crippen molar-refractivity contribution in [1.82, 2.24) is 5.32 Å². The molecule has 1 amide bonds. The van der Waals surface area contributed by atoms with Gasteiger partial charge in [-0.2, -0.15) is 0 Å². The van der Waals surface area contributed by atoms with E-state index in [4.69, 9.17) is 0 Å². The number of allylic oxidation sites excluding steroid dienone is 1. The van der Waals surface area contributed by atoms with E-state index in [2.05, 4.69) is 17.5 Å². The van der Waals surface area contributed by atoms with Gasteiger partial charge in [0.15, 0.2) is 0 Å². The number of rotatable bonds is 1. The van der Waals surface area contributed by atoms with E-state index in [1.807, 2.05) is 0 Å². The summed E-state index contributed by atoms with van der Waals surface area (Å²) in [5, 5.41) is 2.71. The molecule has 0 bridgehead atoms. The van der Waals surface area contributed by atoms with E-state index in [0.29, 0.717) is 12.1 Å². The van der Waals surface area contributed by atoms with Gasteiger partial charge in [-0.1, -0.05) is 6.42 Å². The molecule has 1 heterocycles.